The minimum Gasteiger partial charge on any atom is -0.497 e. The third kappa shape index (κ3) is 4.01. The molecule has 162 valence electrons. The SMILES string of the molecule is COc1cccc(-c2noc(C3CCN(C(=O)Nc4cccc5ccccc45)CC3)n2)c1. The first-order valence-electron chi connectivity index (χ1n) is 10.7. The lowest BCUT2D eigenvalue weighted by Gasteiger charge is -2.30. The molecule has 5 rings (SSSR count). The minimum atomic E-state index is -0.0811. The third-order valence-electron chi connectivity index (χ3n) is 5.93. The Morgan fingerprint density at radius 1 is 1.06 bits per heavy atom. The first-order valence-corrected chi connectivity index (χ1v) is 10.7. The number of carbonyl (C=O) groups is 1. The molecule has 0 bridgehead atoms. The van der Waals surface area contributed by atoms with E-state index in [4.69, 9.17) is 9.26 Å². The molecule has 1 aliphatic heterocycles. The monoisotopic (exact) mass is 428 g/mol. The van der Waals surface area contributed by atoms with Crippen molar-refractivity contribution in [3.63, 3.8) is 0 Å². The fourth-order valence-electron chi connectivity index (χ4n) is 4.14. The molecule has 0 aliphatic carbocycles. The Balaban J connectivity index is 1.22. The average molecular weight is 428 g/mol. The summed E-state index contributed by atoms with van der Waals surface area (Å²) in [6.45, 7) is 1.27. The number of hydrogen-bond acceptors (Lipinski definition) is 5. The second-order valence-corrected chi connectivity index (χ2v) is 7.91. The largest absolute Gasteiger partial charge is 0.497 e. The van der Waals surface area contributed by atoms with Crippen molar-refractivity contribution in [1.29, 1.82) is 0 Å². The summed E-state index contributed by atoms with van der Waals surface area (Å²) in [7, 11) is 1.63. The van der Waals surface area contributed by atoms with Gasteiger partial charge in [-0.1, -0.05) is 53.7 Å². The number of piperidine rings is 1. The number of benzene rings is 3. The van der Waals surface area contributed by atoms with Crippen molar-refractivity contribution < 1.29 is 14.1 Å². The van der Waals surface area contributed by atoms with E-state index in [9.17, 15) is 4.79 Å². The molecule has 0 spiro atoms. The number of fused-ring (bicyclic) bond motifs is 1. The average Bonchev–Trinajstić information content (AvgIpc) is 3.35. The predicted octanol–water partition coefficient (Wildman–Crippen LogP) is 5.31. The Labute approximate surface area is 186 Å². The zero-order valence-corrected chi connectivity index (χ0v) is 17.8. The van der Waals surface area contributed by atoms with Crippen LogP contribution in [-0.2, 0) is 0 Å². The van der Waals surface area contributed by atoms with Crippen molar-refractivity contribution in [1.82, 2.24) is 15.0 Å². The highest BCUT2D eigenvalue weighted by molar-refractivity contribution is 6.01. The molecule has 32 heavy (non-hydrogen) atoms. The van der Waals surface area contributed by atoms with Crippen LogP contribution in [0, 0.1) is 0 Å². The number of hydrogen-bond donors (Lipinski definition) is 1. The van der Waals surface area contributed by atoms with Gasteiger partial charge in [0, 0.05) is 30.0 Å². The van der Waals surface area contributed by atoms with Gasteiger partial charge in [0.05, 0.1) is 12.8 Å². The molecule has 4 aromatic rings. The number of ether oxygens (including phenoxy) is 1. The van der Waals surface area contributed by atoms with Gasteiger partial charge in [0.2, 0.25) is 11.7 Å². The van der Waals surface area contributed by atoms with Gasteiger partial charge in [-0.3, -0.25) is 0 Å². The van der Waals surface area contributed by atoms with E-state index in [1.807, 2.05) is 71.6 Å². The van der Waals surface area contributed by atoms with Crippen LogP contribution in [0.5, 0.6) is 5.75 Å². The van der Waals surface area contributed by atoms with Gasteiger partial charge in [-0.25, -0.2) is 4.79 Å². The highest BCUT2D eigenvalue weighted by atomic mass is 16.5. The van der Waals surface area contributed by atoms with Crippen molar-refractivity contribution in [2.75, 3.05) is 25.5 Å². The molecular formula is C25H24N4O3. The van der Waals surface area contributed by atoms with E-state index in [0.29, 0.717) is 24.8 Å². The van der Waals surface area contributed by atoms with Gasteiger partial charge in [-0.05, 0) is 36.4 Å². The number of amides is 2. The normalized spacial score (nSPS) is 14.5. The maximum absolute atomic E-state index is 12.9. The number of nitrogens with zero attached hydrogens (tertiary/aromatic N) is 3. The Bertz CT molecular complexity index is 1240. The third-order valence-corrected chi connectivity index (χ3v) is 5.93. The smallest absolute Gasteiger partial charge is 0.321 e. The van der Waals surface area contributed by atoms with E-state index < -0.39 is 0 Å². The summed E-state index contributed by atoms with van der Waals surface area (Å²) in [6, 6.07) is 21.5. The summed E-state index contributed by atoms with van der Waals surface area (Å²) in [4.78, 5) is 19.3. The molecule has 0 unspecified atom stereocenters. The van der Waals surface area contributed by atoms with Crippen LogP contribution >= 0.6 is 0 Å². The van der Waals surface area contributed by atoms with E-state index in [1.54, 1.807) is 7.11 Å². The van der Waals surface area contributed by atoms with Crippen LogP contribution in [0.1, 0.15) is 24.7 Å². The van der Waals surface area contributed by atoms with Crippen LogP contribution in [0.4, 0.5) is 10.5 Å². The molecule has 2 amide bonds. The van der Waals surface area contributed by atoms with Crippen LogP contribution in [0.25, 0.3) is 22.2 Å². The number of rotatable bonds is 4. The van der Waals surface area contributed by atoms with Crippen molar-refractivity contribution >= 4 is 22.5 Å². The number of nitrogens with one attached hydrogen (secondary N) is 1. The summed E-state index contributed by atoms with van der Waals surface area (Å²) in [5, 5.41) is 9.35. The highest BCUT2D eigenvalue weighted by Gasteiger charge is 2.28. The molecule has 1 aromatic heterocycles. The topological polar surface area (TPSA) is 80.5 Å². The zero-order valence-electron chi connectivity index (χ0n) is 17.8. The second kappa shape index (κ2) is 8.70. The molecule has 0 saturated carbocycles. The molecule has 1 aliphatic rings. The number of carbonyl (C=O) groups excluding carboxylic acids is 1. The molecule has 3 aromatic carbocycles. The molecule has 1 saturated heterocycles. The summed E-state index contributed by atoms with van der Waals surface area (Å²) in [5.74, 6) is 2.06. The molecule has 0 radical (unpaired) electrons. The second-order valence-electron chi connectivity index (χ2n) is 7.91. The Morgan fingerprint density at radius 3 is 2.69 bits per heavy atom. The summed E-state index contributed by atoms with van der Waals surface area (Å²) < 4.78 is 10.8. The number of likely N-dealkylation sites (tertiary alicyclic amines) is 1. The molecule has 7 heteroatoms. The van der Waals surface area contributed by atoms with E-state index in [0.717, 1.165) is 40.6 Å². The van der Waals surface area contributed by atoms with Gasteiger partial charge < -0.3 is 19.5 Å². The van der Waals surface area contributed by atoms with Gasteiger partial charge in [-0.2, -0.15) is 4.98 Å². The quantitative estimate of drug-likeness (QED) is 0.476. The lowest BCUT2D eigenvalue weighted by atomic mass is 9.97. The van der Waals surface area contributed by atoms with Crippen molar-refractivity contribution in [3.05, 3.63) is 72.6 Å². The number of aromatic nitrogens is 2. The van der Waals surface area contributed by atoms with Crippen LogP contribution in [0.3, 0.4) is 0 Å². The van der Waals surface area contributed by atoms with E-state index in [-0.39, 0.29) is 11.9 Å². The summed E-state index contributed by atoms with van der Waals surface area (Å²) >= 11 is 0. The first-order chi connectivity index (χ1) is 15.7. The number of anilines is 1. The Kier molecular flexibility index (Phi) is 5.46. The van der Waals surface area contributed by atoms with Gasteiger partial charge in [-0.15, -0.1) is 0 Å². The van der Waals surface area contributed by atoms with Crippen LogP contribution < -0.4 is 10.1 Å². The van der Waals surface area contributed by atoms with Gasteiger partial charge in [0.15, 0.2) is 0 Å². The number of urea groups is 1. The highest BCUT2D eigenvalue weighted by Crippen LogP contribution is 2.30. The zero-order chi connectivity index (χ0) is 21.9. The summed E-state index contributed by atoms with van der Waals surface area (Å²) in [5.41, 5.74) is 1.68. The fraction of sp³-hybridized carbons (Fsp3) is 0.240. The Hall–Kier alpha value is -3.87. The molecule has 1 fully saturated rings. The van der Waals surface area contributed by atoms with Crippen molar-refractivity contribution in [2.45, 2.75) is 18.8 Å². The van der Waals surface area contributed by atoms with E-state index in [1.165, 1.54) is 0 Å². The first kappa shape index (κ1) is 20.1. The van der Waals surface area contributed by atoms with Gasteiger partial charge in [0.1, 0.15) is 5.75 Å². The molecular weight excluding hydrogens is 404 g/mol. The van der Waals surface area contributed by atoms with Crippen molar-refractivity contribution in [3.8, 4) is 17.1 Å². The standard InChI is InChI=1S/C25H24N4O3/c1-31-20-9-4-8-19(16-20)23-27-24(32-28-23)18-12-14-29(15-13-18)25(30)26-22-11-5-7-17-6-2-3-10-21(17)22/h2-11,16,18H,12-15H2,1H3,(H,26,30). The lowest BCUT2D eigenvalue weighted by molar-refractivity contribution is 0.187. The van der Waals surface area contributed by atoms with Gasteiger partial charge in [0.25, 0.3) is 0 Å². The maximum Gasteiger partial charge on any atom is 0.321 e. The number of methoxy groups -OCH3 is 1. The predicted molar refractivity (Wildman–Crippen MR) is 123 cm³/mol. The van der Waals surface area contributed by atoms with Crippen LogP contribution in [0.15, 0.2) is 71.3 Å². The summed E-state index contributed by atoms with van der Waals surface area (Å²) in [6.07, 6.45) is 1.56. The van der Waals surface area contributed by atoms with Crippen molar-refractivity contribution in [2.24, 2.45) is 0 Å². The van der Waals surface area contributed by atoms with Crippen LogP contribution in [-0.4, -0.2) is 41.3 Å². The minimum absolute atomic E-state index is 0.0811. The Morgan fingerprint density at radius 2 is 1.84 bits per heavy atom. The van der Waals surface area contributed by atoms with E-state index >= 15 is 0 Å². The lowest BCUT2D eigenvalue weighted by Crippen LogP contribution is -2.40. The molecule has 0 atom stereocenters. The maximum atomic E-state index is 12.9. The fourth-order valence-corrected chi connectivity index (χ4v) is 4.14. The van der Waals surface area contributed by atoms with Crippen LogP contribution in [0.2, 0.25) is 0 Å². The molecule has 1 N–H and O–H groups in total. The van der Waals surface area contributed by atoms with Gasteiger partial charge >= 0.3 is 6.03 Å². The molecule has 7 nitrogen and oxygen atoms in total. The molecule has 2 heterocycles. The van der Waals surface area contributed by atoms with E-state index in [2.05, 4.69) is 15.5 Å².